The molecule has 0 aliphatic carbocycles. The summed E-state index contributed by atoms with van der Waals surface area (Å²) in [7, 11) is -3.04. The van der Waals surface area contributed by atoms with Crippen LogP contribution >= 0.6 is 0 Å². The van der Waals surface area contributed by atoms with Gasteiger partial charge in [-0.2, -0.15) is 13.2 Å². The molecule has 0 saturated carbocycles. The van der Waals surface area contributed by atoms with E-state index in [1.54, 1.807) is 0 Å². The van der Waals surface area contributed by atoms with E-state index >= 15 is 0 Å². The smallest absolute Gasteiger partial charge is 0.371 e. The molecule has 1 fully saturated rings. The Kier molecular flexibility index (Phi) is 5.14. The SMILES string of the molecule is CS(=O)(=O)CCN1CCO[C@H](c2ccc(C(F)(F)F)cc2)C1. The molecule has 4 nitrogen and oxygen atoms in total. The van der Waals surface area contributed by atoms with Gasteiger partial charge in [-0.3, -0.25) is 4.90 Å². The third-order valence-corrected chi connectivity index (χ3v) is 4.46. The molecule has 0 N–H and O–H groups in total. The standard InChI is InChI=1S/C14H18F3NO3S/c1-22(19,20)9-7-18-6-8-21-13(10-18)11-2-4-12(5-3-11)14(15,16)17/h2-5,13H,6-10H2,1H3/t13-/m0/s1. The average Bonchev–Trinajstić information content (AvgIpc) is 2.44. The lowest BCUT2D eigenvalue weighted by atomic mass is 10.1. The minimum Gasteiger partial charge on any atom is -0.371 e. The van der Waals surface area contributed by atoms with Gasteiger partial charge in [-0.1, -0.05) is 12.1 Å². The van der Waals surface area contributed by atoms with E-state index in [9.17, 15) is 21.6 Å². The predicted octanol–water partition coefficient (Wildman–Crippen LogP) is 2.12. The Morgan fingerprint density at radius 2 is 1.91 bits per heavy atom. The largest absolute Gasteiger partial charge is 0.416 e. The molecule has 0 radical (unpaired) electrons. The summed E-state index contributed by atoms with van der Waals surface area (Å²) in [4.78, 5) is 1.95. The third kappa shape index (κ3) is 4.96. The number of rotatable bonds is 4. The van der Waals surface area contributed by atoms with Gasteiger partial charge in [0, 0.05) is 25.9 Å². The molecule has 1 aromatic carbocycles. The lowest BCUT2D eigenvalue weighted by Crippen LogP contribution is -2.40. The number of sulfone groups is 1. The van der Waals surface area contributed by atoms with Crippen LogP contribution in [0.25, 0.3) is 0 Å². The number of nitrogens with zero attached hydrogens (tertiary/aromatic N) is 1. The van der Waals surface area contributed by atoms with Crippen molar-refractivity contribution in [1.29, 1.82) is 0 Å². The van der Waals surface area contributed by atoms with Crippen molar-refractivity contribution in [1.82, 2.24) is 4.90 Å². The van der Waals surface area contributed by atoms with E-state index in [-0.39, 0.29) is 11.9 Å². The maximum atomic E-state index is 12.5. The van der Waals surface area contributed by atoms with Gasteiger partial charge in [0.05, 0.1) is 24.0 Å². The number of hydrogen-bond donors (Lipinski definition) is 0. The zero-order valence-electron chi connectivity index (χ0n) is 12.1. The van der Waals surface area contributed by atoms with Crippen LogP contribution < -0.4 is 0 Å². The molecule has 1 atom stereocenters. The number of benzene rings is 1. The molecular weight excluding hydrogens is 319 g/mol. The summed E-state index contributed by atoms with van der Waals surface area (Å²) in [5.41, 5.74) is -0.0296. The summed E-state index contributed by atoms with van der Waals surface area (Å²) in [6, 6.07) is 4.89. The Morgan fingerprint density at radius 3 is 2.45 bits per heavy atom. The first kappa shape index (κ1) is 17.2. The summed E-state index contributed by atoms with van der Waals surface area (Å²) in [5, 5.41) is 0. The van der Waals surface area contributed by atoms with Crippen LogP contribution in [0.1, 0.15) is 17.2 Å². The molecule has 1 aliphatic heterocycles. The Hall–Kier alpha value is -1.12. The maximum Gasteiger partial charge on any atom is 0.416 e. The number of alkyl halides is 3. The second-order valence-corrected chi connectivity index (χ2v) is 7.67. The molecule has 1 aromatic rings. The fourth-order valence-electron chi connectivity index (χ4n) is 2.29. The molecule has 0 amide bonds. The Bertz CT molecular complexity index is 599. The summed E-state index contributed by atoms with van der Waals surface area (Å²) in [6.07, 6.45) is -3.51. The highest BCUT2D eigenvalue weighted by molar-refractivity contribution is 7.90. The number of ether oxygens (including phenoxy) is 1. The minimum atomic E-state index is -4.35. The van der Waals surface area contributed by atoms with Gasteiger partial charge in [-0.15, -0.1) is 0 Å². The van der Waals surface area contributed by atoms with Crippen molar-refractivity contribution in [2.24, 2.45) is 0 Å². The maximum absolute atomic E-state index is 12.5. The highest BCUT2D eigenvalue weighted by Gasteiger charge is 2.30. The molecular formula is C14H18F3NO3S. The molecule has 0 unspecified atom stereocenters. The highest BCUT2D eigenvalue weighted by atomic mass is 32.2. The van der Waals surface area contributed by atoms with E-state index in [2.05, 4.69) is 0 Å². The fraction of sp³-hybridized carbons (Fsp3) is 0.571. The molecule has 1 aliphatic rings. The second-order valence-electron chi connectivity index (χ2n) is 5.41. The Labute approximate surface area is 127 Å². The van der Waals surface area contributed by atoms with E-state index in [1.807, 2.05) is 4.90 Å². The van der Waals surface area contributed by atoms with Crippen molar-refractivity contribution in [3.05, 3.63) is 35.4 Å². The summed E-state index contributed by atoms with van der Waals surface area (Å²) < 4.78 is 65.6. The highest BCUT2D eigenvalue weighted by Crippen LogP contribution is 2.31. The van der Waals surface area contributed by atoms with Gasteiger partial charge >= 0.3 is 6.18 Å². The van der Waals surface area contributed by atoms with Crippen molar-refractivity contribution >= 4 is 9.84 Å². The number of hydrogen-bond acceptors (Lipinski definition) is 4. The van der Waals surface area contributed by atoms with Crippen LogP contribution in [0.15, 0.2) is 24.3 Å². The van der Waals surface area contributed by atoms with Crippen LogP contribution in [0.4, 0.5) is 13.2 Å². The van der Waals surface area contributed by atoms with E-state index in [0.717, 1.165) is 12.1 Å². The minimum absolute atomic E-state index is 0.0622. The molecule has 0 aromatic heterocycles. The van der Waals surface area contributed by atoms with Crippen LogP contribution in [0.3, 0.4) is 0 Å². The fourth-order valence-corrected chi connectivity index (χ4v) is 2.88. The van der Waals surface area contributed by atoms with Crippen LogP contribution in [0.2, 0.25) is 0 Å². The van der Waals surface area contributed by atoms with Crippen molar-refractivity contribution in [3.8, 4) is 0 Å². The Morgan fingerprint density at radius 1 is 1.27 bits per heavy atom. The van der Waals surface area contributed by atoms with Crippen molar-refractivity contribution in [2.45, 2.75) is 12.3 Å². The summed E-state index contributed by atoms with van der Waals surface area (Å²) in [6.45, 7) is 1.92. The van der Waals surface area contributed by atoms with Crippen molar-refractivity contribution in [2.75, 3.05) is 38.2 Å². The molecule has 2 rings (SSSR count). The second kappa shape index (κ2) is 6.55. The van der Waals surface area contributed by atoms with Gasteiger partial charge in [-0.05, 0) is 17.7 Å². The van der Waals surface area contributed by atoms with Gasteiger partial charge in [0.2, 0.25) is 0 Å². The van der Waals surface area contributed by atoms with Gasteiger partial charge in [0.15, 0.2) is 0 Å². The molecule has 0 spiro atoms. The summed E-state index contributed by atoms with van der Waals surface area (Å²) >= 11 is 0. The van der Waals surface area contributed by atoms with Crippen LogP contribution in [0, 0.1) is 0 Å². The molecule has 1 heterocycles. The van der Waals surface area contributed by atoms with Crippen LogP contribution in [-0.4, -0.2) is 51.6 Å². The summed E-state index contributed by atoms with van der Waals surface area (Å²) in [5.74, 6) is 0.0622. The predicted molar refractivity (Wildman–Crippen MR) is 76.3 cm³/mol. The average molecular weight is 337 g/mol. The zero-order chi connectivity index (χ0) is 16.4. The monoisotopic (exact) mass is 337 g/mol. The first-order valence-corrected chi connectivity index (χ1v) is 8.90. The third-order valence-electron chi connectivity index (χ3n) is 3.54. The van der Waals surface area contributed by atoms with E-state index in [1.165, 1.54) is 18.4 Å². The van der Waals surface area contributed by atoms with Gasteiger partial charge in [-0.25, -0.2) is 8.42 Å². The van der Waals surface area contributed by atoms with Gasteiger partial charge < -0.3 is 4.74 Å². The molecule has 22 heavy (non-hydrogen) atoms. The Balaban J connectivity index is 2.00. The molecule has 8 heteroatoms. The molecule has 0 bridgehead atoms. The molecule has 1 saturated heterocycles. The zero-order valence-corrected chi connectivity index (χ0v) is 13.0. The normalized spacial score (nSPS) is 21.0. The number of morpholine rings is 1. The van der Waals surface area contributed by atoms with Crippen molar-refractivity contribution < 1.29 is 26.3 Å². The first-order valence-electron chi connectivity index (χ1n) is 6.84. The van der Waals surface area contributed by atoms with E-state index in [0.29, 0.717) is 31.8 Å². The first-order chi connectivity index (χ1) is 10.1. The van der Waals surface area contributed by atoms with Crippen LogP contribution in [-0.2, 0) is 20.8 Å². The van der Waals surface area contributed by atoms with Gasteiger partial charge in [0.25, 0.3) is 0 Å². The topological polar surface area (TPSA) is 46.6 Å². The lowest BCUT2D eigenvalue weighted by molar-refractivity contribution is -0.137. The quantitative estimate of drug-likeness (QED) is 0.844. The molecule has 124 valence electrons. The lowest BCUT2D eigenvalue weighted by Gasteiger charge is -2.33. The number of halogens is 3. The van der Waals surface area contributed by atoms with Crippen molar-refractivity contribution in [3.63, 3.8) is 0 Å². The van der Waals surface area contributed by atoms with E-state index < -0.39 is 21.6 Å². The van der Waals surface area contributed by atoms with E-state index in [4.69, 9.17) is 4.74 Å². The van der Waals surface area contributed by atoms with Gasteiger partial charge in [0.1, 0.15) is 9.84 Å². The van der Waals surface area contributed by atoms with Crippen LogP contribution in [0.5, 0.6) is 0 Å².